The van der Waals surface area contributed by atoms with Crippen LogP contribution in [-0.4, -0.2) is 32.2 Å². The van der Waals surface area contributed by atoms with Gasteiger partial charge in [-0.15, -0.1) is 11.3 Å². The number of hydrogen-bond donors (Lipinski definition) is 1. The third-order valence-corrected chi connectivity index (χ3v) is 6.74. The van der Waals surface area contributed by atoms with Gasteiger partial charge in [-0.05, 0) is 25.3 Å². The smallest absolute Gasteiger partial charge is 0.169 e. The highest BCUT2D eigenvalue weighted by molar-refractivity contribution is 7.13. The number of fused-ring (bicyclic) bond motifs is 1. The summed E-state index contributed by atoms with van der Waals surface area (Å²) in [6.45, 7) is 3.96. The molecule has 2 aliphatic rings. The zero-order valence-corrected chi connectivity index (χ0v) is 17.0. The van der Waals surface area contributed by atoms with Crippen molar-refractivity contribution in [1.29, 1.82) is 0 Å². The van der Waals surface area contributed by atoms with Crippen molar-refractivity contribution >= 4 is 22.7 Å². The molecule has 146 valence electrons. The predicted molar refractivity (Wildman–Crippen MR) is 114 cm³/mol. The summed E-state index contributed by atoms with van der Waals surface area (Å²) in [5, 5.41) is 6.69. The molecule has 28 heavy (non-hydrogen) atoms. The van der Waals surface area contributed by atoms with Crippen LogP contribution < -0.4 is 10.2 Å². The van der Waals surface area contributed by atoms with E-state index in [2.05, 4.69) is 43.9 Å². The lowest BCUT2D eigenvalue weighted by molar-refractivity contribution is 0.539. The van der Waals surface area contributed by atoms with Crippen molar-refractivity contribution in [3.63, 3.8) is 0 Å². The minimum Gasteiger partial charge on any atom is -0.362 e. The Bertz CT molecular complexity index is 928. The number of nitrogens with zero attached hydrogens (tertiary/aromatic N) is 5. The van der Waals surface area contributed by atoms with Crippen molar-refractivity contribution in [2.45, 2.75) is 51.7 Å². The fourth-order valence-electron chi connectivity index (χ4n) is 4.59. The Morgan fingerprint density at radius 1 is 1.18 bits per heavy atom. The summed E-state index contributed by atoms with van der Waals surface area (Å²) in [7, 11) is 0. The molecule has 0 saturated heterocycles. The molecule has 0 bridgehead atoms. The Balaban J connectivity index is 1.35. The summed E-state index contributed by atoms with van der Waals surface area (Å²) in [5.74, 6) is 1.75. The second-order valence-electron chi connectivity index (χ2n) is 7.73. The van der Waals surface area contributed by atoms with Gasteiger partial charge in [0.15, 0.2) is 10.8 Å². The molecule has 3 aromatic heterocycles. The molecular formula is C21H26N6S. The average molecular weight is 395 g/mol. The van der Waals surface area contributed by atoms with E-state index in [4.69, 9.17) is 4.98 Å². The summed E-state index contributed by atoms with van der Waals surface area (Å²) in [5.41, 5.74) is 3.64. The van der Waals surface area contributed by atoms with Crippen LogP contribution in [0.4, 0.5) is 11.4 Å². The van der Waals surface area contributed by atoms with Gasteiger partial charge in [-0.1, -0.05) is 25.7 Å². The number of likely N-dealkylation sites (N-methyl/N-ethyl adjacent to an activating group) is 1. The second-order valence-corrected chi connectivity index (χ2v) is 8.63. The predicted octanol–water partition coefficient (Wildman–Crippen LogP) is 4.41. The number of thiazole rings is 1. The molecule has 5 rings (SSSR count). The largest absolute Gasteiger partial charge is 0.362 e. The lowest BCUT2D eigenvalue weighted by Crippen LogP contribution is -2.39. The number of rotatable bonds is 6. The highest BCUT2D eigenvalue weighted by atomic mass is 32.1. The molecule has 0 radical (unpaired) electrons. The summed E-state index contributed by atoms with van der Waals surface area (Å²) in [4.78, 5) is 16.1. The highest BCUT2D eigenvalue weighted by Gasteiger charge is 2.29. The van der Waals surface area contributed by atoms with Crippen LogP contribution >= 0.6 is 11.3 Å². The van der Waals surface area contributed by atoms with E-state index in [0.717, 1.165) is 36.3 Å². The normalized spacial score (nSPS) is 19.2. The van der Waals surface area contributed by atoms with E-state index >= 15 is 0 Å². The molecular weight excluding hydrogens is 368 g/mol. The maximum Gasteiger partial charge on any atom is 0.169 e. The van der Waals surface area contributed by atoms with Gasteiger partial charge in [0.1, 0.15) is 6.17 Å². The molecule has 0 aromatic carbocycles. The van der Waals surface area contributed by atoms with E-state index in [1.165, 1.54) is 42.8 Å². The Labute approximate surface area is 169 Å². The molecule has 1 aliphatic heterocycles. The molecule has 0 spiro atoms. The number of imidazole rings is 1. The fourth-order valence-corrected chi connectivity index (χ4v) is 5.24. The summed E-state index contributed by atoms with van der Waals surface area (Å²) in [6.07, 6.45) is 14.6. The van der Waals surface area contributed by atoms with E-state index < -0.39 is 0 Å². The minimum absolute atomic E-state index is 0.191. The molecule has 0 amide bonds. The van der Waals surface area contributed by atoms with Crippen LogP contribution in [0, 0.1) is 5.92 Å². The first-order valence-corrected chi connectivity index (χ1v) is 11.1. The van der Waals surface area contributed by atoms with E-state index in [1.54, 1.807) is 11.3 Å². The van der Waals surface area contributed by atoms with Gasteiger partial charge in [0.05, 0.1) is 24.1 Å². The Hall–Kier alpha value is -2.41. The van der Waals surface area contributed by atoms with Crippen LogP contribution in [0.2, 0.25) is 0 Å². The summed E-state index contributed by atoms with van der Waals surface area (Å²) in [6, 6.07) is 2.27. The van der Waals surface area contributed by atoms with Crippen LogP contribution in [0.1, 0.15) is 38.3 Å². The van der Waals surface area contributed by atoms with Crippen molar-refractivity contribution in [3.05, 3.63) is 41.9 Å². The summed E-state index contributed by atoms with van der Waals surface area (Å²) >= 11 is 1.63. The van der Waals surface area contributed by atoms with E-state index in [0.29, 0.717) is 0 Å². The first-order chi connectivity index (χ1) is 13.8. The minimum atomic E-state index is 0.191. The highest BCUT2D eigenvalue weighted by Crippen LogP contribution is 2.36. The first-order valence-electron chi connectivity index (χ1n) is 10.2. The van der Waals surface area contributed by atoms with Crippen molar-refractivity contribution in [1.82, 2.24) is 19.5 Å². The van der Waals surface area contributed by atoms with E-state index in [9.17, 15) is 0 Å². The van der Waals surface area contributed by atoms with Gasteiger partial charge >= 0.3 is 0 Å². The maximum atomic E-state index is 4.79. The monoisotopic (exact) mass is 394 g/mol. The number of aromatic nitrogens is 4. The molecule has 1 unspecified atom stereocenters. The van der Waals surface area contributed by atoms with Gasteiger partial charge in [0, 0.05) is 36.2 Å². The number of anilines is 2. The topological polar surface area (TPSA) is 58.9 Å². The SMILES string of the molecule is CCN1c2cnc(CC3CCCC3)cc2NC1Cn1ccnc1-c1nccs1. The van der Waals surface area contributed by atoms with Crippen LogP contribution in [0.15, 0.2) is 36.2 Å². The van der Waals surface area contributed by atoms with Crippen molar-refractivity contribution in [3.8, 4) is 10.8 Å². The van der Waals surface area contributed by atoms with Crippen molar-refractivity contribution in [2.24, 2.45) is 5.92 Å². The van der Waals surface area contributed by atoms with Crippen LogP contribution in [0.25, 0.3) is 10.8 Å². The first kappa shape index (κ1) is 17.7. The van der Waals surface area contributed by atoms with Crippen molar-refractivity contribution in [2.75, 3.05) is 16.8 Å². The lowest BCUT2D eigenvalue weighted by Gasteiger charge is -2.26. The third kappa shape index (κ3) is 3.28. The van der Waals surface area contributed by atoms with Gasteiger partial charge in [-0.3, -0.25) is 4.98 Å². The Kier molecular flexibility index (Phi) is 4.76. The molecule has 1 atom stereocenters. The van der Waals surface area contributed by atoms with E-state index in [1.807, 2.05) is 24.0 Å². The van der Waals surface area contributed by atoms with E-state index in [-0.39, 0.29) is 6.17 Å². The standard InChI is InChI=1S/C21H26N6S/c1-2-27-18-13-24-16(11-15-5-3-4-6-15)12-17(18)25-19(27)14-26-9-7-22-20(26)21-23-8-10-28-21/h7-10,12-13,15,19,25H,2-6,11,14H2,1H3. The third-order valence-electron chi connectivity index (χ3n) is 5.97. The molecule has 3 aromatic rings. The molecule has 4 heterocycles. The average Bonchev–Trinajstić information content (AvgIpc) is 3.49. The summed E-state index contributed by atoms with van der Waals surface area (Å²) < 4.78 is 2.19. The Morgan fingerprint density at radius 2 is 2.07 bits per heavy atom. The fraction of sp³-hybridized carbons (Fsp3) is 0.476. The zero-order chi connectivity index (χ0) is 18.9. The van der Waals surface area contributed by atoms with Crippen molar-refractivity contribution < 1.29 is 0 Å². The molecule has 1 saturated carbocycles. The zero-order valence-electron chi connectivity index (χ0n) is 16.2. The van der Waals surface area contributed by atoms with Gasteiger partial charge in [-0.25, -0.2) is 9.97 Å². The molecule has 6 nitrogen and oxygen atoms in total. The van der Waals surface area contributed by atoms with Crippen LogP contribution in [0.3, 0.4) is 0 Å². The quantitative estimate of drug-likeness (QED) is 0.671. The van der Waals surface area contributed by atoms with Gasteiger partial charge in [0.2, 0.25) is 0 Å². The second kappa shape index (κ2) is 7.54. The number of nitrogens with one attached hydrogen (secondary N) is 1. The Morgan fingerprint density at radius 3 is 2.86 bits per heavy atom. The molecule has 7 heteroatoms. The van der Waals surface area contributed by atoms with Gasteiger partial charge < -0.3 is 14.8 Å². The molecule has 1 aliphatic carbocycles. The lowest BCUT2D eigenvalue weighted by atomic mass is 10.0. The van der Waals surface area contributed by atoms with Gasteiger partial charge in [0.25, 0.3) is 0 Å². The van der Waals surface area contributed by atoms with Crippen LogP contribution in [-0.2, 0) is 13.0 Å². The van der Waals surface area contributed by atoms with Gasteiger partial charge in [-0.2, -0.15) is 0 Å². The number of hydrogen-bond acceptors (Lipinski definition) is 6. The molecule has 1 fully saturated rings. The van der Waals surface area contributed by atoms with Crippen LogP contribution in [0.5, 0.6) is 0 Å². The maximum absolute atomic E-state index is 4.79. The number of pyridine rings is 1. The molecule has 1 N–H and O–H groups in total.